The molecule has 1 amide bonds. The molecule has 7 heteroatoms. The number of amides is 1. The minimum Gasteiger partial charge on any atom is -0.349 e. The highest BCUT2D eigenvalue weighted by Gasteiger charge is 2.29. The molecule has 2 heterocycles. The highest BCUT2D eigenvalue weighted by molar-refractivity contribution is 5.99. The first kappa shape index (κ1) is 16.4. The van der Waals surface area contributed by atoms with Crippen molar-refractivity contribution < 1.29 is 13.6 Å². The molecule has 0 bridgehead atoms. The van der Waals surface area contributed by atoms with E-state index in [9.17, 15) is 13.6 Å². The zero-order valence-corrected chi connectivity index (χ0v) is 14.0. The molecule has 0 saturated heterocycles. The lowest BCUT2D eigenvalue weighted by Crippen LogP contribution is -2.34. The van der Waals surface area contributed by atoms with Crippen molar-refractivity contribution in [3.8, 4) is 0 Å². The Morgan fingerprint density at radius 1 is 1.16 bits per heavy atom. The standard InChI is InChI=1S/C18H22F2N4O/c19-16(20)15-9-14(11-7-8-11)23-17-13(10-21-24(15)17)18(25)22-12-5-3-1-2-4-6-12/h9-12,16H,1-8H2,(H,22,25). The van der Waals surface area contributed by atoms with Crippen LogP contribution < -0.4 is 5.32 Å². The second-order valence-electron chi connectivity index (χ2n) is 7.14. The van der Waals surface area contributed by atoms with Crippen molar-refractivity contribution in [3.63, 3.8) is 0 Å². The van der Waals surface area contributed by atoms with E-state index in [4.69, 9.17) is 0 Å². The van der Waals surface area contributed by atoms with Crippen LogP contribution in [0.2, 0.25) is 0 Å². The summed E-state index contributed by atoms with van der Waals surface area (Å²) < 4.78 is 27.9. The average molecular weight is 348 g/mol. The number of nitrogens with zero attached hydrogens (tertiary/aromatic N) is 3. The van der Waals surface area contributed by atoms with Crippen LogP contribution in [0.4, 0.5) is 8.78 Å². The van der Waals surface area contributed by atoms with Crippen LogP contribution in [0, 0.1) is 0 Å². The second-order valence-corrected chi connectivity index (χ2v) is 7.14. The maximum absolute atomic E-state index is 13.4. The van der Waals surface area contributed by atoms with Gasteiger partial charge in [-0.1, -0.05) is 25.7 Å². The summed E-state index contributed by atoms with van der Waals surface area (Å²) >= 11 is 0. The van der Waals surface area contributed by atoms with Crippen molar-refractivity contribution >= 4 is 11.6 Å². The van der Waals surface area contributed by atoms with E-state index < -0.39 is 6.43 Å². The third kappa shape index (κ3) is 3.37. The lowest BCUT2D eigenvalue weighted by molar-refractivity contribution is 0.0934. The molecule has 2 aromatic heterocycles. The SMILES string of the molecule is O=C(NC1CCCCCC1)c1cnn2c(C(F)F)cc(C3CC3)nc12. The lowest BCUT2D eigenvalue weighted by Gasteiger charge is -2.15. The molecule has 0 spiro atoms. The van der Waals surface area contributed by atoms with Gasteiger partial charge in [-0.05, 0) is 31.7 Å². The summed E-state index contributed by atoms with van der Waals surface area (Å²) in [5, 5.41) is 7.05. The molecule has 2 aliphatic rings. The molecule has 0 aromatic carbocycles. The molecule has 134 valence electrons. The molecule has 25 heavy (non-hydrogen) atoms. The van der Waals surface area contributed by atoms with Crippen LogP contribution in [0.3, 0.4) is 0 Å². The van der Waals surface area contributed by atoms with Crippen molar-refractivity contribution in [2.45, 2.75) is 69.8 Å². The first-order chi connectivity index (χ1) is 12.1. The number of aromatic nitrogens is 3. The van der Waals surface area contributed by atoms with Gasteiger partial charge in [0, 0.05) is 17.7 Å². The molecule has 0 radical (unpaired) electrons. The third-order valence-corrected chi connectivity index (χ3v) is 5.17. The number of hydrogen-bond donors (Lipinski definition) is 1. The van der Waals surface area contributed by atoms with Gasteiger partial charge >= 0.3 is 0 Å². The lowest BCUT2D eigenvalue weighted by atomic mass is 10.1. The Balaban J connectivity index is 1.65. The van der Waals surface area contributed by atoms with Crippen molar-refractivity contribution in [2.75, 3.05) is 0 Å². The Labute approximate surface area is 144 Å². The van der Waals surface area contributed by atoms with Gasteiger partial charge in [0.05, 0.1) is 6.20 Å². The maximum Gasteiger partial charge on any atom is 0.280 e. The number of alkyl halides is 2. The van der Waals surface area contributed by atoms with E-state index in [0.717, 1.165) is 43.0 Å². The smallest absolute Gasteiger partial charge is 0.280 e. The fraction of sp³-hybridized carbons (Fsp3) is 0.611. The molecule has 2 saturated carbocycles. The van der Waals surface area contributed by atoms with E-state index in [1.165, 1.54) is 25.1 Å². The van der Waals surface area contributed by atoms with E-state index in [0.29, 0.717) is 5.69 Å². The molecular weight excluding hydrogens is 326 g/mol. The summed E-state index contributed by atoms with van der Waals surface area (Å²) in [5.74, 6) is -0.0299. The fourth-order valence-electron chi connectivity index (χ4n) is 3.60. The van der Waals surface area contributed by atoms with Gasteiger partial charge in [-0.3, -0.25) is 4.79 Å². The number of carbonyl (C=O) groups excluding carboxylic acids is 1. The van der Waals surface area contributed by atoms with Crippen LogP contribution in [0.5, 0.6) is 0 Å². The van der Waals surface area contributed by atoms with Gasteiger partial charge in [0.25, 0.3) is 12.3 Å². The summed E-state index contributed by atoms with van der Waals surface area (Å²) in [5.41, 5.74) is 0.978. The Morgan fingerprint density at radius 3 is 2.52 bits per heavy atom. The van der Waals surface area contributed by atoms with Gasteiger partial charge in [0.15, 0.2) is 5.65 Å². The molecular formula is C18H22F2N4O. The molecule has 2 aliphatic carbocycles. The Kier molecular flexibility index (Phi) is 4.39. The minimum atomic E-state index is -2.65. The molecule has 2 aromatic rings. The molecule has 0 aliphatic heterocycles. The van der Waals surface area contributed by atoms with Gasteiger partial charge < -0.3 is 5.32 Å². The number of nitrogens with one attached hydrogen (secondary N) is 1. The number of rotatable bonds is 4. The Morgan fingerprint density at radius 2 is 1.88 bits per heavy atom. The predicted molar refractivity (Wildman–Crippen MR) is 88.9 cm³/mol. The zero-order chi connectivity index (χ0) is 17.4. The second kappa shape index (κ2) is 6.69. The summed E-state index contributed by atoms with van der Waals surface area (Å²) in [7, 11) is 0. The Hall–Kier alpha value is -2.05. The van der Waals surface area contributed by atoms with E-state index in [1.54, 1.807) is 0 Å². The highest BCUT2D eigenvalue weighted by Crippen LogP contribution is 2.40. The van der Waals surface area contributed by atoms with Gasteiger partial charge in [-0.25, -0.2) is 18.3 Å². The first-order valence-electron chi connectivity index (χ1n) is 9.11. The van der Waals surface area contributed by atoms with Crippen molar-refractivity contribution in [1.82, 2.24) is 19.9 Å². The van der Waals surface area contributed by atoms with Crippen LogP contribution in [-0.2, 0) is 0 Å². The normalized spacial score (nSPS) is 19.3. The third-order valence-electron chi connectivity index (χ3n) is 5.17. The average Bonchev–Trinajstić information content (AvgIpc) is 3.39. The predicted octanol–water partition coefficient (Wildman–Crippen LogP) is 4.00. The molecule has 2 fully saturated rings. The van der Waals surface area contributed by atoms with E-state index in [2.05, 4.69) is 15.4 Å². The van der Waals surface area contributed by atoms with Gasteiger partial charge in [-0.15, -0.1) is 0 Å². The van der Waals surface area contributed by atoms with Crippen LogP contribution in [0.1, 0.15) is 85.5 Å². The van der Waals surface area contributed by atoms with Gasteiger partial charge in [0.1, 0.15) is 11.3 Å². The summed E-state index contributed by atoms with van der Waals surface area (Å²) in [4.78, 5) is 17.2. The molecule has 0 atom stereocenters. The van der Waals surface area contributed by atoms with Gasteiger partial charge in [-0.2, -0.15) is 5.10 Å². The number of hydrogen-bond acceptors (Lipinski definition) is 3. The minimum absolute atomic E-state index is 0.145. The highest BCUT2D eigenvalue weighted by atomic mass is 19.3. The molecule has 0 unspecified atom stereocenters. The van der Waals surface area contributed by atoms with Gasteiger partial charge in [0.2, 0.25) is 0 Å². The molecule has 4 rings (SSSR count). The monoisotopic (exact) mass is 348 g/mol. The summed E-state index contributed by atoms with van der Waals surface area (Å²) in [6.45, 7) is 0. The quantitative estimate of drug-likeness (QED) is 0.850. The van der Waals surface area contributed by atoms with Crippen LogP contribution in [0.15, 0.2) is 12.3 Å². The number of fused-ring (bicyclic) bond motifs is 1. The van der Waals surface area contributed by atoms with E-state index >= 15 is 0 Å². The van der Waals surface area contributed by atoms with E-state index in [-0.39, 0.29) is 34.8 Å². The van der Waals surface area contributed by atoms with Crippen LogP contribution in [0.25, 0.3) is 5.65 Å². The van der Waals surface area contributed by atoms with E-state index in [1.807, 2.05) is 0 Å². The number of carbonyl (C=O) groups is 1. The van der Waals surface area contributed by atoms with Crippen LogP contribution >= 0.6 is 0 Å². The topological polar surface area (TPSA) is 59.3 Å². The first-order valence-corrected chi connectivity index (χ1v) is 9.11. The van der Waals surface area contributed by atoms with Crippen molar-refractivity contribution in [2.24, 2.45) is 0 Å². The zero-order valence-electron chi connectivity index (χ0n) is 14.0. The van der Waals surface area contributed by atoms with Crippen LogP contribution in [-0.4, -0.2) is 26.5 Å². The molecule has 1 N–H and O–H groups in total. The Bertz CT molecular complexity index is 777. The fourth-order valence-corrected chi connectivity index (χ4v) is 3.60. The summed E-state index contributed by atoms with van der Waals surface area (Å²) in [6.07, 6.45) is 7.19. The number of halogens is 2. The van der Waals surface area contributed by atoms with Crippen molar-refractivity contribution in [1.29, 1.82) is 0 Å². The molecule has 5 nitrogen and oxygen atoms in total. The van der Waals surface area contributed by atoms with Crippen molar-refractivity contribution in [3.05, 3.63) is 29.2 Å². The maximum atomic E-state index is 13.4. The largest absolute Gasteiger partial charge is 0.349 e. The summed E-state index contributed by atoms with van der Waals surface area (Å²) in [6, 6.07) is 1.57.